The van der Waals surface area contributed by atoms with Crippen LogP contribution in [0.15, 0.2) is 41.4 Å². The number of rotatable bonds is 5. The molecule has 0 aliphatic carbocycles. The average Bonchev–Trinajstić information content (AvgIpc) is 2.66. The molecule has 0 saturated carbocycles. The Labute approximate surface area is 152 Å². The van der Waals surface area contributed by atoms with Crippen LogP contribution in [0, 0.1) is 5.92 Å². The van der Waals surface area contributed by atoms with Gasteiger partial charge < -0.3 is 9.64 Å². The molecule has 1 saturated heterocycles. The molecule has 1 fully saturated rings. The van der Waals surface area contributed by atoms with Crippen molar-refractivity contribution in [3.63, 3.8) is 0 Å². The number of carbonyl (C=O) groups excluding carboxylic acids is 1. The Bertz CT molecular complexity index is 704. The van der Waals surface area contributed by atoms with Crippen molar-refractivity contribution >= 4 is 17.7 Å². The fourth-order valence-corrected chi connectivity index (χ4v) is 3.67. The Morgan fingerprint density at radius 1 is 1.24 bits per heavy atom. The van der Waals surface area contributed by atoms with Gasteiger partial charge in [0.15, 0.2) is 0 Å². The summed E-state index contributed by atoms with van der Waals surface area (Å²) in [6, 6.07) is 11.6. The van der Waals surface area contributed by atoms with Gasteiger partial charge in [0.05, 0.1) is 18.6 Å². The number of carbonyl (C=O) groups is 1. The standard InChI is InChI=1S/C19H23N3O2S/c1-14-4-3-11-22(12-14)19(23)13-25-18-10-9-17(20-21-18)15-5-7-16(24-2)8-6-15/h5-10,14H,3-4,11-13H2,1-2H3/t14-/m1/s1. The van der Waals surface area contributed by atoms with Crippen LogP contribution in [0.5, 0.6) is 5.75 Å². The van der Waals surface area contributed by atoms with Crippen LogP contribution in [-0.4, -0.2) is 47.0 Å². The lowest BCUT2D eigenvalue weighted by atomic mass is 10.0. The maximum Gasteiger partial charge on any atom is 0.232 e. The lowest BCUT2D eigenvalue weighted by Crippen LogP contribution is -2.40. The zero-order valence-electron chi connectivity index (χ0n) is 14.6. The van der Waals surface area contributed by atoms with Crippen molar-refractivity contribution in [3.05, 3.63) is 36.4 Å². The molecule has 2 aromatic rings. The second-order valence-corrected chi connectivity index (χ2v) is 7.36. The summed E-state index contributed by atoms with van der Waals surface area (Å²) in [5, 5.41) is 9.28. The minimum absolute atomic E-state index is 0.192. The summed E-state index contributed by atoms with van der Waals surface area (Å²) in [6.45, 7) is 3.96. The Morgan fingerprint density at radius 3 is 2.68 bits per heavy atom. The van der Waals surface area contributed by atoms with Crippen LogP contribution in [0.1, 0.15) is 19.8 Å². The first-order valence-electron chi connectivity index (χ1n) is 8.54. The van der Waals surface area contributed by atoms with Crippen molar-refractivity contribution in [3.8, 4) is 17.0 Å². The number of methoxy groups -OCH3 is 1. The summed E-state index contributed by atoms with van der Waals surface area (Å²) in [7, 11) is 1.65. The Balaban J connectivity index is 1.56. The van der Waals surface area contributed by atoms with Crippen LogP contribution in [-0.2, 0) is 4.79 Å². The molecule has 1 amide bonds. The van der Waals surface area contributed by atoms with Crippen molar-refractivity contribution < 1.29 is 9.53 Å². The van der Waals surface area contributed by atoms with Gasteiger partial charge >= 0.3 is 0 Å². The molecule has 0 bridgehead atoms. The van der Waals surface area contributed by atoms with E-state index in [4.69, 9.17) is 4.74 Å². The van der Waals surface area contributed by atoms with E-state index in [2.05, 4.69) is 17.1 Å². The number of hydrogen-bond acceptors (Lipinski definition) is 5. The van der Waals surface area contributed by atoms with Gasteiger partial charge in [-0.3, -0.25) is 4.79 Å². The summed E-state index contributed by atoms with van der Waals surface area (Å²) in [5.41, 5.74) is 1.80. The maximum atomic E-state index is 12.3. The lowest BCUT2D eigenvalue weighted by molar-refractivity contribution is -0.130. The van der Waals surface area contributed by atoms with E-state index in [-0.39, 0.29) is 5.91 Å². The predicted octanol–water partition coefficient (Wildman–Crippen LogP) is 3.50. The first kappa shape index (κ1) is 17.7. The van der Waals surface area contributed by atoms with Crippen molar-refractivity contribution in [2.45, 2.75) is 24.8 Å². The van der Waals surface area contributed by atoms with E-state index in [1.165, 1.54) is 18.2 Å². The van der Waals surface area contributed by atoms with Crippen molar-refractivity contribution in [2.75, 3.05) is 26.0 Å². The fourth-order valence-electron chi connectivity index (χ4n) is 2.96. The molecule has 6 heteroatoms. The van der Waals surface area contributed by atoms with Crippen LogP contribution in [0.25, 0.3) is 11.3 Å². The van der Waals surface area contributed by atoms with E-state index in [9.17, 15) is 4.79 Å². The highest BCUT2D eigenvalue weighted by atomic mass is 32.2. The van der Waals surface area contributed by atoms with Gasteiger partial charge in [-0.1, -0.05) is 18.7 Å². The second-order valence-electron chi connectivity index (χ2n) is 6.36. The van der Waals surface area contributed by atoms with Gasteiger partial charge in [0.25, 0.3) is 0 Å². The van der Waals surface area contributed by atoms with Crippen molar-refractivity contribution in [1.82, 2.24) is 15.1 Å². The molecule has 1 aromatic carbocycles. The van der Waals surface area contributed by atoms with Gasteiger partial charge in [-0.2, -0.15) is 0 Å². The van der Waals surface area contributed by atoms with Gasteiger partial charge in [0.1, 0.15) is 10.8 Å². The minimum Gasteiger partial charge on any atom is -0.497 e. The first-order chi connectivity index (χ1) is 12.2. The number of benzene rings is 1. The minimum atomic E-state index is 0.192. The summed E-state index contributed by atoms with van der Waals surface area (Å²) in [5.74, 6) is 2.03. The number of aromatic nitrogens is 2. The number of ether oxygens (including phenoxy) is 1. The average molecular weight is 357 g/mol. The third-order valence-corrected chi connectivity index (χ3v) is 5.28. The smallest absolute Gasteiger partial charge is 0.232 e. The second kappa shape index (κ2) is 8.34. The molecule has 1 aliphatic heterocycles. The van der Waals surface area contributed by atoms with E-state index >= 15 is 0 Å². The molecule has 3 rings (SSSR count). The first-order valence-corrected chi connectivity index (χ1v) is 9.53. The third-order valence-electron chi connectivity index (χ3n) is 4.38. The quantitative estimate of drug-likeness (QED) is 0.767. The van der Waals surface area contributed by atoms with Crippen LogP contribution in [0.3, 0.4) is 0 Å². The zero-order valence-corrected chi connectivity index (χ0v) is 15.5. The van der Waals surface area contributed by atoms with E-state index in [0.29, 0.717) is 11.7 Å². The molecule has 25 heavy (non-hydrogen) atoms. The van der Waals surface area contributed by atoms with E-state index in [1.54, 1.807) is 7.11 Å². The van der Waals surface area contributed by atoms with Crippen LogP contribution in [0.4, 0.5) is 0 Å². The molecule has 0 spiro atoms. The van der Waals surface area contributed by atoms with Gasteiger partial charge in [-0.25, -0.2) is 0 Å². The van der Waals surface area contributed by atoms with Crippen LogP contribution in [0.2, 0.25) is 0 Å². The molecule has 5 nitrogen and oxygen atoms in total. The summed E-state index contributed by atoms with van der Waals surface area (Å²) < 4.78 is 5.16. The maximum absolute atomic E-state index is 12.3. The topological polar surface area (TPSA) is 55.3 Å². The van der Waals surface area contributed by atoms with Crippen molar-refractivity contribution in [1.29, 1.82) is 0 Å². The molecule has 1 aromatic heterocycles. The summed E-state index contributed by atoms with van der Waals surface area (Å²) in [4.78, 5) is 14.3. The Kier molecular flexibility index (Phi) is 5.91. The van der Waals surface area contributed by atoms with Crippen LogP contribution < -0.4 is 4.74 Å². The molecule has 0 radical (unpaired) electrons. The molecule has 1 aliphatic rings. The third kappa shape index (κ3) is 4.72. The lowest BCUT2D eigenvalue weighted by Gasteiger charge is -2.30. The zero-order chi connectivity index (χ0) is 17.6. The number of amides is 1. The molecule has 132 valence electrons. The summed E-state index contributed by atoms with van der Waals surface area (Å²) in [6.07, 6.45) is 2.32. The molecule has 1 atom stereocenters. The van der Waals surface area contributed by atoms with Gasteiger partial charge in [-0.15, -0.1) is 10.2 Å². The SMILES string of the molecule is COc1ccc(-c2ccc(SCC(=O)N3CCC[C@@H](C)C3)nn2)cc1. The monoisotopic (exact) mass is 357 g/mol. The molecular formula is C19H23N3O2S. The number of piperidine rings is 1. The van der Waals surface area contributed by atoms with Crippen LogP contribution >= 0.6 is 11.8 Å². The number of hydrogen-bond donors (Lipinski definition) is 0. The van der Waals surface area contributed by atoms with Gasteiger partial charge in [0, 0.05) is 18.7 Å². The molecule has 0 N–H and O–H groups in total. The van der Waals surface area contributed by atoms with E-state index < -0.39 is 0 Å². The number of thioether (sulfide) groups is 1. The van der Waals surface area contributed by atoms with E-state index in [1.807, 2.05) is 41.3 Å². The highest BCUT2D eigenvalue weighted by Gasteiger charge is 2.20. The fraction of sp³-hybridized carbons (Fsp3) is 0.421. The Hall–Kier alpha value is -2.08. The highest BCUT2D eigenvalue weighted by Crippen LogP contribution is 2.23. The predicted molar refractivity (Wildman–Crippen MR) is 99.7 cm³/mol. The number of likely N-dealkylation sites (tertiary alicyclic amines) is 1. The molecule has 2 heterocycles. The highest BCUT2D eigenvalue weighted by molar-refractivity contribution is 7.99. The molecular weight excluding hydrogens is 334 g/mol. The largest absolute Gasteiger partial charge is 0.497 e. The molecule has 0 unspecified atom stereocenters. The van der Waals surface area contributed by atoms with E-state index in [0.717, 1.165) is 41.5 Å². The van der Waals surface area contributed by atoms with Gasteiger partial charge in [0.2, 0.25) is 5.91 Å². The van der Waals surface area contributed by atoms with Gasteiger partial charge in [-0.05, 0) is 55.2 Å². The Morgan fingerprint density at radius 2 is 2.04 bits per heavy atom. The summed E-state index contributed by atoms with van der Waals surface area (Å²) >= 11 is 1.45. The normalized spacial score (nSPS) is 17.4. The van der Waals surface area contributed by atoms with Crippen molar-refractivity contribution in [2.24, 2.45) is 5.92 Å². The number of nitrogens with zero attached hydrogens (tertiary/aromatic N) is 3.